The van der Waals surface area contributed by atoms with Gasteiger partial charge in [-0.25, -0.2) is 0 Å². The Morgan fingerprint density at radius 1 is 1.30 bits per heavy atom. The van der Waals surface area contributed by atoms with Crippen molar-refractivity contribution in [2.45, 2.75) is 31.9 Å². The van der Waals surface area contributed by atoms with Crippen LogP contribution in [-0.4, -0.2) is 49.8 Å². The molecule has 0 radical (unpaired) electrons. The van der Waals surface area contributed by atoms with Crippen molar-refractivity contribution >= 4 is 0 Å². The van der Waals surface area contributed by atoms with Crippen LogP contribution in [0.3, 0.4) is 0 Å². The van der Waals surface area contributed by atoms with Gasteiger partial charge >= 0.3 is 0 Å². The van der Waals surface area contributed by atoms with Gasteiger partial charge in [0.1, 0.15) is 0 Å². The maximum Gasteiger partial charge on any atom is 0.0588 e. The van der Waals surface area contributed by atoms with Crippen LogP contribution >= 0.6 is 0 Å². The number of benzene rings is 1. The molecule has 3 nitrogen and oxygen atoms in total. The minimum atomic E-state index is 0.442. The van der Waals surface area contributed by atoms with Gasteiger partial charge in [0.2, 0.25) is 0 Å². The van der Waals surface area contributed by atoms with Crippen LogP contribution in [0.2, 0.25) is 0 Å². The fraction of sp³-hybridized carbons (Fsp3) is 0.647. The molecule has 2 fully saturated rings. The third-order valence-corrected chi connectivity index (χ3v) is 4.69. The van der Waals surface area contributed by atoms with E-state index in [-0.39, 0.29) is 0 Å². The Kier molecular flexibility index (Phi) is 4.71. The minimum absolute atomic E-state index is 0.442. The number of hydrogen-bond acceptors (Lipinski definition) is 3. The molecule has 2 saturated heterocycles. The van der Waals surface area contributed by atoms with Crippen molar-refractivity contribution in [1.82, 2.24) is 10.2 Å². The average molecular weight is 274 g/mol. The smallest absolute Gasteiger partial charge is 0.0588 e. The van der Waals surface area contributed by atoms with E-state index < -0.39 is 0 Å². The lowest BCUT2D eigenvalue weighted by Gasteiger charge is -2.35. The van der Waals surface area contributed by atoms with Gasteiger partial charge in [-0.3, -0.25) is 0 Å². The average Bonchev–Trinajstić information content (AvgIpc) is 2.86. The molecular formula is C17H26N2O. The van der Waals surface area contributed by atoms with Crippen molar-refractivity contribution in [2.24, 2.45) is 5.92 Å². The van der Waals surface area contributed by atoms with E-state index in [1.54, 1.807) is 0 Å². The van der Waals surface area contributed by atoms with Crippen LogP contribution in [0.1, 0.15) is 18.9 Å². The van der Waals surface area contributed by atoms with Crippen LogP contribution in [0.4, 0.5) is 0 Å². The van der Waals surface area contributed by atoms with E-state index in [0.717, 1.165) is 32.0 Å². The molecule has 2 aliphatic rings. The van der Waals surface area contributed by atoms with Crippen molar-refractivity contribution in [2.75, 3.05) is 32.8 Å². The maximum atomic E-state index is 5.69. The topological polar surface area (TPSA) is 24.5 Å². The summed E-state index contributed by atoms with van der Waals surface area (Å²) >= 11 is 0. The van der Waals surface area contributed by atoms with Crippen LogP contribution in [-0.2, 0) is 11.2 Å². The van der Waals surface area contributed by atoms with Crippen LogP contribution in [0.15, 0.2) is 30.3 Å². The lowest BCUT2D eigenvalue weighted by Crippen LogP contribution is -2.52. The highest BCUT2D eigenvalue weighted by Crippen LogP contribution is 2.22. The van der Waals surface area contributed by atoms with Gasteiger partial charge in [0, 0.05) is 38.8 Å². The summed E-state index contributed by atoms with van der Waals surface area (Å²) in [6, 6.07) is 11.4. The highest BCUT2D eigenvalue weighted by molar-refractivity contribution is 5.16. The predicted octanol–water partition coefficient (Wildman–Crippen LogP) is 1.93. The summed E-state index contributed by atoms with van der Waals surface area (Å²) in [6.45, 7) is 7.83. The molecule has 3 rings (SSSR count). The van der Waals surface area contributed by atoms with Gasteiger partial charge < -0.3 is 15.0 Å². The van der Waals surface area contributed by atoms with E-state index in [4.69, 9.17) is 4.74 Å². The monoisotopic (exact) mass is 274 g/mol. The van der Waals surface area contributed by atoms with Crippen molar-refractivity contribution in [3.63, 3.8) is 0 Å². The van der Waals surface area contributed by atoms with Gasteiger partial charge in [-0.1, -0.05) is 30.3 Å². The Hall–Kier alpha value is -0.900. The molecule has 3 heteroatoms. The number of piperazine rings is 1. The summed E-state index contributed by atoms with van der Waals surface area (Å²) < 4.78 is 5.69. The number of rotatable bonds is 4. The second-order valence-electron chi connectivity index (χ2n) is 6.23. The summed E-state index contributed by atoms with van der Waals surface area (Å²) in [6.07, 6.45) is 2.81. The summed E-state index contributed by atoms with van der Waals surface area (Å²) in [7, 11) is 0. The van der Waals surface area contributed by atoms with Crippen LogP contribution < -0.4 is 5.32 Å². The fourth-order valence-corrected chi connectivity index (χ4v) is 3.44. The van der Waals surface area contributed by atoms with Gasteiger partial charge in [0.05, 0.1) is 6.10 Å². The molecule has 1 N–H and O–H groups in total. The first-order chi connectivity index (χ1) is 9.81. The van der Waals surface area contributed by atoms with Gasteiger partial charge in [-0.2, -0.15) is 0 Å². The van der Waals surface area contributed by atoms with Crippen molar-refractivity contribution in [3.05, 3.63) is 35.9 Å². The zero-order chi connectivity index (χ0) is 13.8. The Morgan fingerprint density at radius 3 is 2.90 bits per heavy atom. The number of nitrogens with one attached hydrogen (secondary N) is 1. The molecule has 0 aliphatic carbocycles. The first kappa shape index (κ1) is 14.1. The zero-order valence-corrected chi connectivity index (χ0v) is 12.4. The maximum absolute atomic E-state index is 5.69. The van der Waals surface area contributed by atoms with E-state index in [1.165, 1.54) is 25.1 Å². The quantitative estimate of drug-likeness (QED) is 0.908. The Bertz CT molecular complexity index is 409. The van der Waals surface area contributed by atoms with Gasteiger partial charge in [-0.15, -0.1) is 0 Å². The van der Waals surface area contributed by atoms with E-state index in [1.807, 2.05) is 0 Å². The molecule has 110 valence electrons. The van der Waals surface area contributed by atoms with Crippen molar-refractivity contribution < 1.29 is 4.74 Å². The second kappa shape index (κ2) is 6.70. The summed E-state index contributed by atoms with van der Waals surface area (Å²) in [5.74, 6) is 0.727. The van der Waals surface area contributed by atoms with Crippen LogP contribution in [0.25, 0.3) is 0 Å². The Labute approximate surface area is 122 Å². The molecule has 0 aromatic heterocycles. The molecule has 2 heterocycles. The molecule has 0 amide bonds. The summed E-state index contributed by atoms with van der Waals surface area (Å²) in [5, 5.41) is 3.66. The largest absolute Gasteiger partial charge is 0.378 e. The lowest BCUT2D eigenvalue weighted by molar-refractivity contribution is 0.0861. The molecule has 1 aromatic rings. The van der Waals surface area contributed by atoms with E-state index in [2.05, 4.69) is 47.5 Å². The standard InChI is InChI=1S/C17H26N2O/c1-14-16(7-10-20-14)12-19-9-8-18-17(13-19)11-15-5-3-2-4-6-15/h2-6,14,16-18H,7-13H2,1H3. The predicted molar refractivity (Wildman–Crippen MR) is 81.9 cm³/mol. The molecule has 2 aliphatic heterocycles. The van der Waals surface area contributed by atoms with Crippen LogP contribution in [0.5, 0.6) is 0 Å². The van der Waals surface area contributed by atoms with Crippen molar-refractivity contribution in [1.29, 1.82) is 0 Å². The normalized spacial score (nSPS) is 31.6. The molecule has 20 heavy (non-hydrogen) atoms. The Morgan fingerprint density at radius 2 is 2.15 bits per heavy atom. The Balaban J connectivity index is 1.51. The molecule has 0 spiro atoms. The number of hydrogen-bond donors (Lipinski definition) is 1. The molecule has 3 unspecified atom stereocenters. The lowest BCUT2D eigenvalue weighted by atomic mass is 9.99. The molecule has 3 atom stereocenters. The highest BCUT2D eigenvalue weighted by Gasteiger charge is 2.28. The van der Waals surface area contributed by atoms with Gasteiger partial charge in [0.15, 0.2) is 0 Å². The van der Waals surface area contributed by atoms with Gasteiger partial charge in [0.25, 0.3) is 0 Å². The first-order valence-corrected chi connectivity index (χ1v) is 7.92. The third-order valence-electron chi connectivity index (χ3n) is 4.69. The summed E-state index contributed by atoms with van der Waals surface area (Å²) in [5.41, 5.74) is 1.43. The molecule has 0 bridgehead atoms. The minimum Gasteiger partial charge on any atom is -0.378 e. The first-order valence-electron chi connectivity index (χ1n) is 7.92. The molecule has 1 aromatic carbocycles. The van der Waals surface area contributed by atoms with Crippen LogP contribution in [0, 0.1) is 5.92 Å². The number of nitrogens with zero attached hydrogens (tertiary/aromatic N) is 1. The summed E-state index contributed by atoms with van der Waals surface area (Å²) in [4.78, 5) is 2.62. The molecule has 0 saturated carbocycles. The highest BCUT2D eigenvalue weighted by atomic mass is 16.5. The molecular weight excluding hydrogens is 248 g/mol. The second-order valence-corrected chi connectivity index (χ2v) is 6.23. The van der Waals surface area contributed by atoms with Gasteiger partial charge in [-0.05, 0) is 31.2 Å². The zero-order valence-electron chi connectivity index (χ0n) is 12.4. The van der Waals surface area contributed by atoms with Crippen molar-refractivity contribution in [3.8, 4) is 0 Å². The van der Waals surface area contributed by atoms with E-state index in [0.29, 0.717) is 12.1 Å². The van der Waals surface area contributed by atoms with E-state index >= 15 is 0 Å². The SMILES string of the molecule is CC1OCCC1CN1CCNC(Cc2ccccc2)C1. The fourth-order valence-electron chi connectivity index (χ4n) is 3.44. The third kappa shape index (κ3) is 3.60. The number of ether oxygens (including phenoxy) is 1. The van der Waals surface area contributed by atoms with E-state index in [9.17, 15) is 0 Å².